The summed E-state index contributed by atoms with van der Waals surface area (Å²) in [6, 6.07) is 0. The number of hydrogen-bond acceptors (Lipinski definition) is 2. The Hall–Kier alpha value is -0.830. The van der Waals surface area contributed by atoms with Gasteiger partial charge in [-0.1, -0.05) is 0 Å². The van der Waals surface area contributed by atoms with E-state index in [1.54, 1.807) is 0 Å². The third-order valence-corrected chi connectivity index (χ3v) is 4.34. The number of Topliss-reactive ketones (excluding diaryl/α,β-unsaturated/α-hetero) is 1. The third kappa shape index (κ3) is 1.34. The first-order chi connectivity index (χ1) is 7.27. The van der Waals surface area contributed by atoms with Crippen LogP contribution in [0.4, 0.5) is 0 Å². The van der Waals surface area contributed by atoms with E-state index in [0.29, 0.717) is 5.75 Å². The molecule has 2 rings (SSSR count). The van der Waals surface area contributed by atoms with Crippen LogP contribution in [0.2, 0.25) is 0 Å². The van der Waals surface area contributed by atoms with E-state index in [2.05, 4.69) is 15.9 Å². The Morgan fingerprint density at radius 3 is 2.19 bits per heavy atom. The second-order valence-corrected chi connectivity index (χ2v) is 5.63. The Balaban J connectivity index is 2.82. The standard InChI is InChI=1S/C13H15BrO2/c1-6-7(2)9-11(10(14)8(6)3)16-13(4,5)12(9)15/h1-5H3. The number of carbonyl (C=O) groups excluding carboxylic acids is 1. The molecule has 16 heavy (non-hydrogen) atoms. The Labute approximate surface area is 104 Å². The number of benzene rings is 1. The van der Waals surface area contributed by atoms with Gasteiger partial charge in [0.05, 0.1) is 10.0 Å². The highest BCUT2D eigenvalue weighted by Crippen LogP contribution is 2.45. The van der Waals surface area contributed by atoms with Gasteiger partial charge in [-0.3, -0.25) is 4.79 Å². The van der Waals surface area contributed by atoms with Gasteiger partial charge in [0.1, 0.15) is 5.75 Å². The lowest BCUT2D eigenvalue weighted by Crippen LogP contribution is -2.32. The number of ketones is 1. The van der Waals surface area contributed by atoms with Gasteiger partial charge >= 0.3 is 0 Å². The largest absolute Gasteiger partial charge is 0.478 e. The Bertz CT molecular complexity index is 501. The highest BCUT2D eigenvalue weighted by Gasteiger charge is 2.42. The molecule has 0 saturated carbocycles. The fraction of sp³-hybridized carbons (Fsp3) is 0.462. The molecule has 0 atom stereocenters. The molecule has 0 saturated heterocycles. The highest BCUT2D eigenvalue weighted by molar-refractivity contribution is 9.10. The van der Waals surface area contributed by atoms with Crippen LogP contribution in [0, 0.1) is 20.8 Å². The van der Waals surface area contributed by atoms with Crippen LogP contribution in [0.25, 0.3) is 0 Å². The number of fused-ring (bicyclic) bond motifs is 1. The van der Waals surface area contributed by atoms with Crippen molar-refractivity contribution >= 4 is 21.7 Å². The van der Waals surface area contributed by atoms with E-state index in [0.717, 1.165) is 26.7 Å². The molecule has 2 nitrogen and oxygen atoms in total. The summed E-state index contributed by atoms with van der Waals surface area (Å²) >= 11 is 3.52. The minimum atomic E-state index is -0.740. The zero-order chi connectivity index (χ0) is 12.2. The molecule has 0 unspecified atom stereocenters. The molecule has 0 N–H and O–H groups in total. The molecular weight excluding hydrogens is 268 g/mol. The molecule has 3 heteroatoms. The highest BCUT2D eigenvalue weighted by atomic mass is 79.9. The second-order valence-electron chi connectivity index (χ2n) is 4.83. The molecule has 86 valence electrons. The van der Waals surface area contributed by atoms with E-state index in [1.165, 1.54) is 0 Å². The summed E-state index contributed by atoms with van der Waals surface area (Å²) in [5.74, 6) is 0.777. The second kappa shape index (κ2) is 3.33. The van der Waals surface area contributed by atoms with Crippen molar-refractivity contribution in [3.8, 4) is 5.75 Å². The van der Waals surface area contributed by atoms with Crippen molar-refractivity contribution in [3.63, 3.8) is 0 Å². The Kier molecular flexibility index (Phi) is 2.42. The summed E-state index contributed by atoms with van der Waals surface area (Å²) in [6.45, 7) is 9.67. The molecule has 1 aromatic carbocycles. The monoisotopic (exact) mass is 282 g/mol. The van der Waals surface area contributed by atoms with Gasteiger partial charge in [-0.25, -0.2) is 0 Å². The van der Waals surface area contributed by atoms with Gasteiger partial charge < -0.3 is 4.74 Å². The van der Waals surface area contributed by atoms with E-state index in [1.807, 2.05) is 34.6 Å². The maximum atomic E-state index is 12.2. The van der Waals surface area contributed by atoms with Crippen LogP contribution in [0.1, 0.15) is 40.9 Å². The van der Waals surface area contributed by atoms with E-state index in [4.69, 9.17) is 4.74 Å². The molecular formula is C13H15BrO2. The summed E-state index contributed by atoms with van der Waals surface area (Å²) in [7, 11) is 0. The van der Waals surface area contributed by atoms with Gasteiger partial charge in [-0.15, -0.1) is 0 Å². The summed E-state index contributed by atoms with van der Waals surface area (Å²) < 4.78 is 6.66. The maximum Gasteiger partial charge on any atom is 0.209 e. The van der Waals surface area contributed by atoms with Gasteiger partial charge in [0.25, 0.3) is 0 Å². The number of ether oxygens (including phenoxy) is 1. The lowest BCUT2D eigenvalue weighted by molar-refractivity contribution is 0.0682. The number of carbonyl (C=O) groups is 1. The van der Waals surface area contributed by atoms with Crippen molar-refractivity contribution in [1.29, 1.82) is 0 Å². The minimum Gasteiger partial charge on any atom is -0.478 e. The summed E-state index contributed by atoms with van der Waals surface area (Å²) in [5.41, 5.74) is 3.32. The molecule has 1 heterocycles. The van der Waals surface area contributed by atoms with E-state index in [-0.39, 0.29) is 5.78 Å². The van der Waals surface area contributed by atoms with E-state index in [9.17, 15) is 4.79 Å². The topological polar surface area (TPSA) is 26.3 Å². The van der Waals surface area contributed by atoms with Gasteiger partial charge in [0.15, 0.2) is 5.60 Å². The maximum absolute atomic E-state index is 12.2. The fourth-order valence-electron chi connectivity index (χ4n) is 2.06. The summed E-state index contributed by atoms with van der Waals surface area (Å²) in [6.07, 6.45) is 0. The average Bonchev–Trinajstić information content (AvgIpc) is 2.45. The Morgan fingerprint density at radius 2 is 1.62 bits per heavy atom. The van der Waals surface area contributed by atoms with Crippen LogP contribution in [-0.4, -0.2) is 11.4 Å². The summed E-state index contributed by atoms with van der Waals surface area (Å²) in [5, 5.41) is 0. The normalized spacial score (nSPS) is 17.2. The van der Waals surface area contributed by atoms with Crippen molar-refractivity contribution in [2.24, 2.45) is 0 Å². The van der Waals surface area contributed by atoms with Crippen LogP contribution >= 0.6 is 15.9 Å². The SMILES string of the molecule is Cc1c(C)c(Br)c2c(c1C)C(=O)C(C)(C)O2. The van der Waals surface area contributed by atoms with Crippen molar-refractivity contribution in [1.82, 2.24) is 0 Å². The van der Waals surface area contributed by atoms with Gasteiger partial charge in [-0.2, -0.15) is 0 Å². The molecule has 0 fully saturated rings. The Morgan fingerprint density at radius 1 is 1.06 bits per heavy atom. The minimum absolute atomic E-state index is 0.0730. The molecule has 0 radical (unpaired) electrons. The van der Waals surface area contributed by atoms with Crippen molar-refractivity contribution in [3.05, 3.63) is 26.7 Å². The molecule has 0 spiro atoms. The molecule has 0 aliphatic carbocycles. The number of rotatable bonds is 0. The third-order valence-electron chi connectivity index (χ3n) is 3.39. The lowest BCUT2D eigenvalue weighted by atomic mass is 9.92. The quantitative estimate of drug-likeness (QED) is 0.725. The molecule has 1 aromatic rings. The summed E-state index contributed by atoms with van der Waals surface area (Å²) in [4.78, 5) is 12.2. The van der Waals surface area contributed by atoms with Gasteiger partial charge in [-0.05, 0) is 67.2 Å². The van der Waals surface area contributed by atoms with Crippen molar-refractivity contribution < 1.29 is 9.53 Å². The molecule has 0 amide bonds. The van der Waals surface area contributed by atoms with Crippen LogP contribution in [0.15, 0.2) is 4.47 Å². The zero-order valence-corrected chi connectivity index (χ0v) is 11.8. The first-order valence-electron chi connectivity index (χ1n) is 5.30. The van der Waals surface area contributed by atoms with E-state index >= 15 is 0 Å². The van der Waals surface area contributed by atoms with Crippen LogP contribution in [0.3, 0.4) is 0 Å². The molecule has 0 aromatic heterocycles. The smallest absolute Gasteiger partial charge is 0.209 e. The number of halogens is 1. The predicted molar refractivity (Wildman–Crippen MR) is 67.4 cm³/mol. The zero-order valence-electron chi connectivity index (χ0n) is 10.2. The molecule has 0 bridgehead atoms. The van der Waals surface area contributed by atoms with Crippen molar-refractivity contribution in [2.75, 3.05) is 0 Å². The van der Waals surface area contributed by atoms with E-state index < -0.39 is 5.60 Å². The van der Waals surface area contributed by atoms with Crippen molar-refractivity contribution in [2.45, 2.75) is 40.2 Å². The lowest BCUT2D eigenvalue weighted by Gasteiger charge is -2.16. The van der Waals surface area contributed by atoms with Crippen LogP contribution in [0.5, 0.6) is 5.75 Å². The average molecular weight is 283 g/mol. The van der Waals surface area contributed by atoms with Gasteiger partial charge in [0.2, 0.25) is 5.78 Å². The number of hydrogen-bond donors (Lipinski definition) is 0. The first-order valence-corrected chi connectivity index (χ1v) is 6.09. The fourth-order valence-corrected chi connectivity index (χ4v) is 2.63. The van der Waals surface area contributed by atoms with Gasteiger partial charge in [0, 0.05) is 0 Å². The predicted octanol–water partition coefficient (Wildman–Crippen LogP) is 3.73. The van der Waals surface area contributed by atoms with Crippen LogP contribution in [-0.2, 0) is 0 Å². The van der Waals surface area contributed by atoms with Crippen LogP contribution < -0.4 is 4.74 Å². The molecule has 1 aliphatic heterocycles. The first kappa shape index (κ1) is 11.6. The molecule has 1 aliphatic rings.